The molecule has 0 aliphatic heterocycles. The molecule has 92 valence electrons. The largest absolute Gasteiger partial charge is 0.383 e. The minimum Gasteiger partial charge on any atom is -0.383 e. The zero-order valence-corrected chi connectivity index (χ0v) is 10.4. The number of benzene rings is 1. The molecular weight excluding hydrogens is 214 g/mol. The Balaban J connectivity index is 2.00. The minimum atomic E-state index is 0.754. The maximum atomic E-state index is 4.99. The molecule has 0 amide bonds. The Bertz CT molecular complexity index is 478. The van der Waals surface area contributed by atoms with E-state index in [1.54, 1.807) is 7.11 Å². The number of hydrogen-bond acceptors (Lipinski definition) is 3. The van der Waals surface area contributed by atoms with E-state index in [2.05, 4.69) is 40.0 Å². The van der Waals surface area contributed by atoms with Crippen molar-refractivity contribution in [3.05, 3.63) is 30.1 Å². The smallest absolute Gasteiger partial charge is 0.106 e. The molecule has 1 heterocycles. The summed E-state index contributed by atoms with van der Waals surface area (Å²) < 4.78 is 7.24. The van der Waals surface area contributed by atoms with Gasteiger partial charge in [-0.3, -0.25) is 0 Å². The maximum Gasteiger partial charge on any atom is 0.106 e. The van der Waals surface area contributed by atoms with Crippen LogP contribution in [0.3, 0.4) is 0 Å². The fraction of sp³-hybridized carbons (Fsp3) is 0.462. The van der Waals surface area contributed by atoms with Gasteiger partial charge in [0.1, 0.15) is 5.82 Å². The molecule has 0 fully saturated rings. The molecule has 17 heavy (non-hydrogen) atoms. The highest BCUT2D eigenvalue weighted by Crippen LogP contribution is 2.14. The first kappa shape index (κ1) is 12.1. The number of aryl methyl sites for hydroxylation is 1. The fourth-order valence-electron chi connectivity index (χ4n) is 1.97. The van der Waals surface area contributed by atoms with Crippen molar-refractivity contribution in [3.63, 3.8) is 0 Å². The highest BCUT2D eigenvalue weighted by atomic mass is 16.5. The zero-order valence-electron chi connectivity index (χ0n) is 10.4. The lowest BCUT2D eigenvalue weighted by Gasteiger charge is -2.08. The van der Waals surface area contributed by atoms with Crippen LogP contribution in [0.2, 0.25) is 0 Å². The molecule has 0 aliphatic carbocycles. The Morgan fingerprint density at radius 1 is 1.29 bits per heavy atom. The molecule has 0 atom stereocenters. The van der Waals surface area contributed by atoms with E-state index in [1.165, 1.54) is 5.52 Å². The Morgan fingerprint density at radius 2 is 2.12 bits per heavy atom. The molecule has 0 saturated heterocycles. The van der Waals surface area contributed by atoms with Crippen LogP contribution in [0.25, 0.3) is 11.0 Å². The first-order chi connectivity index (χ1) is 8.33. The number of ether oxygens (including phenoxy) is 1. The lowest BCUT2D eigenvalue weighted by molar-refractivity contribution is 0.199. The van der Waals surface area contributed by atoms with Gasteiger partial charge in [0, 0.05) is 26.7 Å². The van der Waals surface area contributed by atoms with Crippen LogP contribution in [0.4, 0.5) is 0 Å². The van der Waals surface area contributed by atoms with Crippen LogP contribution in [-0.2, 0) is 11.3 Å². The summed E-state index contributed by atoms with van der Waals surface area (Å²) in [6.45, 7) is 5.57. The van der Waals surface area contributed by atoms with Gasteiger partial charge in [0.2, 0.25) is 0 Å². The van der Waals surface area contributed by atoms with Crippen LogP contribution >= 0.6 is 0 Å². The van der Waals surface area contributed by atoms with Gasteiger partial charge < -0.3 is 14.6 Å². The predicted octanol–water partition coefficient (Wildman–Crippen LogP) is 1.58. The molecule has 0 saturated carbocycles. The lowest BCUT2D eigenvalue weighted by atomic mass is 10.3. The number of para-hydroxylation sites is 2. The molecule has 1 N–H and O–H groups in total. The third kappa shape index (κ3) is 2.84. The number of fused-ring (bicyclic) bond motifs is 1. The van der Waals surface area contributed by atoms with Crippen molar-refractivity contribution in [2.75, 3.05) is 26.8 Å². The standard InChI is InChI=1S/C13H19N3O/c1-11-15-12-5-3-4-6-13(12)16(11)9-7-14-8-10-17-2/h3-6,14H,7-10H2,1-2H3. The molecule has 2 aromatic rings. The summed E-state index contributed by atoms with van der Waals surface area (Å²) in [4.78, 5) is 4.54. The van der Waals surface area contributed by atoms with Crippen molar-refractivity contribution in [2.45, 2.75) is 13.5 Å². The summed E-state index contributed by atoms with van der Waals surface area (Å²) in [6, 6.07) is 8.25. The number of methoxy groups -OCH3 is 1. The second-order valence-corrected chi connectivity index (χ2v) is 4.04. The molecule has 0 aliphatic rings. The number of rotatable bonds is 6. The SMILES string of the molecule is COCCNCCn1c(C)nc2ccccc21. The van der Waals surface area contributed by atoms with Crippen molar-refractivity contribution in [1.29, 1.82) is 0 Å². The van der Waals surface area contributed by atoms with Crippen LogP contribution in [0.1, 0.15) is 5.82 Å². The summed E-state index contributed by atoms with van der Waals surface area (Å²) in [5.41, 5.74) is 2.28. The number of imidazole rings is 1. The van der Waals surface area contributed by atoms with E-state index in [9.17, 15) is 0 Å². The first-order valence-electron chi connectivity index (χ1n) is 5.94. The quantitative estimate of drug-likeness (QED) is 0.770. The van der Waals surface area contributed by atoms with Crippen molar-refractivity contribution in [2.24, 2.45) is 0 Å². The van der Waals surface area contributed by atoms with E-state index in [0.29, 0.717) is 0 Å². The normalized spacial score (nSPS) is 11.2. The molecule has 1 aromatic carbocycles. The minimum absolute atomic E-state index is 0.754. The number of aromatic nitrogens is 2. The first-order valence-corrected chi connectivity index (χ1v) is 5.94. The van der Waals surface area contributed by atoms with Crippen molar-refractivity contribution >= 4 is 11.0 Å². The second kappa shape index (κ2) is 5.80. The van der Waals surface area contributed by atoms with E-state index in [1.807, 2.05) is 6.07 Å². The monoisotopic (exact) mass is 233 g/mol. The van der Waals surface area contributed by atoms with E-state index < -0.39 is 0 Å². The number of hydrogen-bond donors (Lipinski definition) is 1. The fourth-order valence-corrected chi connectivity index (χ4v) is 1.97. The van der Waals surface area contributed by atoms with Crippen LogP contribution in [0, 0.1) is 6.92 Å². The maximum absolute atomic E-state index is 4.99. The van der Waals surface area contributed by atoms with Crippen LogP contribution in [0.5, 0.6) is 0 Å². The average molecular weight is 233 g/mol. The average Bonchev–Trinajstić information content (AvgIpc) is 2.65. The molecule has 0 bridgehead atoms. The zero-order chi connectivity index (χ0) is 12.1. The van der Waals surface area contributed by atoms with Crippen molar-refractivity contribution in [3.8, 4) is 0 Å². The molecule has 2 rings (SSSR count). The summed E-state index contributed by atoms with van der Waals surface area (Å²) in [5, 5.41) is 3.34. The summed E-state index contributed by atoms with van der Waals surface area (Å²) in [7, 11) is 1.72. The van der Waals surface area contributed by atoms with Gasteiger partial charge in [0.15, 0.2) is 0 Å². The molecule has 4 heteroatoms. The third-order valence-electron chi connectivity index (χ3n) is 2.84. The highest BCUT2D eigenvalue weighted by molar-refractivity contribution is 5.75. The van der Waals surface area contributed by atoms with Gasteiger partial charge in [-0.2, -0.15) is 0 Å². The number of nitrogens with one attached hydrogen (secondary N) is 1. The summed E-state index contributed by atoms with van der Waals surface area (Å²) in [5.74, 6) is 1.07. The molecule has 1 aromatic heterocycles. The Labute approximate surface area is 102 Å². The highest BCUT2D eigenvalue weighted by Gasteiger charge is 2.05. The van der Waals surface area contributed by atoms with Crippen LogP contribution < -0.4 is 5.32 Å². The Hall–Kier alpha value is -1.39. The van der Waals surface area contributed by atoms with Gasteiger partial charge >= 0.3 is 0 Å². The van der Waals surface area contributed by atoms with Crippen molar-refractivity contribution in [1.82, 2.24) is 14.9 Å². The van der Waals surface area contributed by atoms with E-state index in [-0.39, 0.29) is 0 Å². The van der Waals surface area contributed by atoms with E-state index in [4.69, 9.17) is 4.74 Å². The predicted molar refractivity (Wildman–Crippen MR) is 69.2 cm³/mol. The lowest BCUT2D eigenvalue weighted by Crippen LogP contribution is -2.24. The number of nitrogens with zero attached hydrogens (tertiary/aromatic N) is 2. The summed E-state index contributed by atoms with van der Waals surface area (Å²) in [6.07, 6.45) is 0. The van der Waals surface area contributed by atoms with Gasteiger partial charge in [-0.15, -0.1) is 0 Å². The van der Waals surface area contributed by atoms with Gasteiger partial charge in [-0.1, -0.05) is 12.1 Å². The summed E-state index contributed by atoms with van der Waals surface area (Å²) >= 11 is 0. The van der Waals surface area contributed by atoms with Gasteiger partial charge in [0.25, 0.3) is 0 Å². The molecule has 0 spiro atoms. The Kier molecular flexibility index (Phi) is 4.12. The van der Waals surface area contributed by atoms with Gasteiger partial charge in [-0.05, 0) is 19.1 Å². The van der Waals surface area contributed by atoms with Crippen LogP contribution in [0.15, 0.2) is 24.3 Å². The van der Waals surface area contributed by atoms with E-state index in [0.717, 1.165) is 37.6 Å². The molecule has 0 unspecified atom stereocenters. The third-order valence-corrected chi connectivity index (χ3v) is 2.84. The molecule has 4 nitrogen and oxygen atoms in total. The molecular formula is C13H19N3O. The topological polar surface area (TPSA) is 39.1 Å². The Morgan fingerprint density at radius 3 is 2.94 bits per heavy atom. The van der Waals surface area contributed by atoms with Gasteiger partial charge in [0.05, 0.1) is 17.6 Å². The van der Waals surface area contributed by atoms with Crippen molar-refractivity contribution < 1.29 is 4.74 Å². The second-order valence-electron chi connectivity index (χ2n) is 4.04. The van der Waals surface area contributed by atoms with E-state index >= 15 is 0 Å². The van der Waals surface area contributed by atoms with Crippen LogP contribution in [-0.4, -0.2) is 36.4 Å². The molecule has 0 radical (unpaired) electrons. The van der Waals surface area contributed by atoms with Gasteiger partial charge in [-0.25, -0.2) is 4.98 Å².